The second-order valence-corrected chi connectivity index (χ2v) is 8.07. The van der Waals surface area contributed by atoms with Crippen molar-refractivity contribution in [3.63, 3.8) is 0 Å². The third kappa shape index (κ3) is 4.64. The number of methoxy groups -OCH3 is 1. The van der Waals surface area contributed by atoms with Crippen LogP contribution in [0.5, 0.6) is 0 Å². The Kier molecular flexibility index (Phi) is 6.62. The van der Waals surface area contributed by atoms with Gasteiger partial charge in [-0.05, 0) is 51.2 Å². The van der Waals surface area contributed by atoms with E-state index in [1.54, 1.807) is 13.3 Å². The van der Waals surface area contributed by atoms with Gasteiger partial charge < -0.3 is 15.0 Å². The second kappa shape index (κ2) is 9.55. The first-order valence-electron chi connectivity index (χ1n) is 10.2. The molecule has 3 aromatic rings. The Morgan fingerprint density at radius 2 is 1.97 bits per heavy atom. The molecule has 1 aliphatic rings. The van der Waals surface area contributed by atoms with Crippen LogP contribution in [-0.2, 0) is 4.74 Å². The lowest BCUT2D eigenvalue weighted by Crippen LogP contribution is -2.29. The largest absolute Gasteiger partial charge is 0.383 e. The van der Waals surface area contributed by atoms with E-state index in [0.29, 0.717) is 30.0 Å². The molecule has 4 rings (SSSR count). The topological polar surface area (TPSA) is 79.0 Å². The number of benzene rings is 1. The number of piperidine rings is 1. The smallest absolute Gasteiger partial charge is 0.223 e. The fraction of sp³-hybridized carbons (Fsp3) is 0.409. The molecule has 158 valence electrons. The van der Waals surface area contributed by atoms with Crippen LogP contribution in [-0.4, -0.2) is 65.5 Å². The summed E-state index contributed by atoms with van der Waals surface area (Å²) >= 11 is 6.11. The quantitative estimate of drug-likeness (QED) is 0.555. The summed E-state index contributed by atoms with van der Waals surface area (Å²) in [5.74, 6) is 1.01. The number of likely N-dealkylation sites (tertiary alicyclic amines) is 1. The Morgan fingerprint density at radius 1 is 1.20 bits per heavy atom. The van der Waals surface area contributed by atoms with Gasteiger partial charge in [0.05, 0.1) is 12.3 Å². The molecule has 1 aromatic carbocycles. The highest BCUT2D eigenvalue weighted by Crippen LogP contribution is 2.39. The molecule has 1 fully saturated rings. The Labute approximate surface area is 181 Å². The van der Waals surface area contributed by atoms with Crippen molar-refractivity contribution in [2.75, 3.05) is 45.7 Å². The summed E-state index contributed by atoms with van der Waals surface area (Å²) in [5, 5.41) is 12.0. The van der Waals surface area contributed by atoms with Crippen LogP contribution in [0, 0.1) is 0 Å². The van der Waals surface area contributed by atoms with Crippen molar-refractivity contribution in [2.24, 2.45) is 0 Å². The molecule has 0 atom stereocenters. The molecule has 0 amide bonds. The summed E-state index contributed by atoms with van der Waals surface area (Å²) in [6.07, 6.45) is 3.97. The zero-order valence-electron chi connectivity index (χ0n) is 17.4. The molecule has 0 saturated carbocycles. The van der Waals surface area contributed by atoms with Gasteiger partial charge in [0.25, 0.3) is 0 Å². The summed E-state index contributed by atoms with van der Waals surface area (Å²) in [4.78, 5) is 11.5. The van der Waals surface area contributed by atoms with Gasteiger partial charge in [-0.2, -0.15) is 5.10 Å². The number of aromatic nitrogens is 4. The number of hydrogen-bond donors (Lipinski definition) is 2. The molecular formula is C22H27ClN6O. The van der Waals surface area contributed by atoms with Crippen LogP contribution in [0.25, 0.3) is 22.5 Å². The molecule has 0 unspecified atom stereocenters. The lowest BCUT2D eigenvalue weighted by atomic mass is 9.89. The van der Waals surface area contributed by atoms with Crippen molar-refractivity contribution < 1.29 is 4.74 Å². The van der Waals surface area contributed by atoms with E-state index in [9.17, 15) is 0 Å². The molecular weight excluding hydrogens is 400 g/mol. The number of halogens is 1. The lowest BCUT2D eigenvalue weighted by Gasteiger charge is -2.28. The molecule has 0 bridgehead atoms. The minimum Gasteiger partial charge on any atom is -0.383 e. The number of hydrogen-bond acceptors (Lipinski definition) is 6. The molecule has 0 aliphatic carbocycles. The van der Waals surface area contributed by atoms with Crippen LogP contribution >= 0.6 is 11.6 Å². The van der Waals surface area contributed by atoms with Gasteiger partial charge in [-0.15, -0.1) is 0 Å². The first-order valence-corrected chi connectivity index (χ1v) is 10.6. The fourth-order valence-electron chi connectivity index (χ4n) is 3.87. The maximum Gasteiger partial charge on any atom is 0.223 e. The third-order valence-electron chi connectivity index (χ3n) is 5.54. The first-order chi connectivity index (χ1) is 14.7. The number of rotatable bonds is 7. The lowest BCUT2D eigenvalue weighted by molar-refractivity contribution is 0.210. The Bertz CT molecular complexity index is 966. The van der Waals surface area contributed by atoms with Crippen molar-refractivity contribution in [1.82, 2.24) is 25.1 Å². The minimum absolute atomic E-state index is 0.421. The Hall–Kier alpha value is -2.48. The van der Waals surface area contributed by atoms with E-state index in [0.717, 1.165) is 54.1 Å². The van der Waals surface area contributed by atoms with Crippen LogP contribution in [0.3, 0.4) is 0 Å². The monoisotopic (exact) mass is 426 g/mol. The van der Waals surface area contributed by atoms with Gasteiger partial charge in [0.2, 0.25) is 5.95 Å². The number of nitrogens with one attached hydrogen (secondary N) is 2. The highest BCUT2D eigenvalue weighted by atomic mass is 35.5. The number of nitrogens with zero attached hydrogens (tertiary/aromatic N) is 4. The van der Waals surface area contributed by atoms with Crippen molar-refractivity contribution in [1.29, 1.82) is 0 Å². The Balaban J connectivity index is 1.74. The maximum atomic E-state index is 6.11. The summed E-state index contributed by atoms with van der Waals surface area (Å²) in [5.41, 5.74) is 4.95. The minimum atomic E-state index is 0.421. The number of H-pyrrole nitrogens is 1. The first kappa shape index (κ1) is 20.8. The average molecular weight is 427 g/mol. The summed E-state index contributed by atoms with van der Waals surface area (Å²) in [6.45, 7) is 3.40. The van der Waals surface area contributed by atoms with Gasteiger partial charge >= 0.3 is 0 Å². The summed E-state index contributed by atoms with van der Waals surface area (Å²) in [6, 6.07) is 9.73. The summed E-state index contributed by atoms with van der Waals surface area (Å²) in [7, 11) is 3.85. The van der Waals surface area contributed by atoms with Crippen LogP contribution in [0.15, 0.2) is 36.5 Å². The molecule has 30 heavy (non-hydrogen) atoms. The van der Waals surface area contributed by atoms with Crippen LogP contribution < -0.4 is 5.32 Å². The van der Waals surface area contributed by atoms with Crippen LogP contribution in [0.1, 0.15) is 24.5 Å². The maximum absolute atomic E-state index is 6.11. The van der Waals surface area contributed by atoms with Gasteiger partial charge in [-0.1, -0.05) is 23.7 Å². The molecule has 7 nitrogen and oxygen atoms in total. The van der Waals surface area contributed by atoms with Crippen molar-refractivity contribution in [3.8, 4) is 22.5 Å². The highest BCUT2D eigenvalue weighted by molar-refractivity contribution is 6.30. The predicted octanol–water partition coefficient (Wildman–Crippen LogP) is 4.05. The number of aromatic amines is 1. The van der Waals surface area contributed by atoms with E-state index in [1.165, 1.54) is 0 Å². The van der Waals surface area contributed by atoms with E-state index >= 15 is 0 Å². The van der Waals surface area contributed by atoms with Gasteiger partial charge in [0.15, 0.2) is 0 Å². The van der Waals surface area contributed by atoms with E-state index in [1.807, 2.05) is 30.3 Å². The predicted molar refractivity (Wildman–Crippen MR) is 120 cm³/mol. The van der Waals surface area contributed by atoms with Crippen molar-refractivity contribution in [2.45, 2.75) is 18.8 Å². The molecule has 0 radical (unpaired) electrons. The van der Waals surface area contributed by atoms with E-state index in [2.05, 4.69) is 27.3 Å². The zero-order valence-corrected chi connectivity index (χ0v) is 18.1. The van der Waals surface area contributed by atoms with Crippen molar-refractivity contribution >= 4 is 17.5 Å². The number of ether oxygens (including phenoxy) is 1. The SMILES string of the molecule is COCCNc1nccc(-c2c(-c3ccc(Cl)cc3)n[nH]c2C2CCN(C)CC2)n1. The van der Waals surface area contributed by atoms with E-state index < -0.39 is 0 Å². The van der Waals surface area contributed by atoms with Crippen LogP contribution in [0.2, 0.25) is 5.02 Å². The standard InChI is InChI=1S/C22H27ClN6O/c1-29-12-8-16(9-13-29)21-19(18-7-10-24-22(26-18)25-11-14-30-2)20(27-28-21)15-3-5-17(23)6-4-15/h3-7,10,16H,8-9,11-14H2,1-2H3,(H,27,28)(H,24,25,26). The Morgan fingerprint density at radius 3 is 2.70 bits per heavy atom. The molecule has 2 aromatic heterocycles. The third-order valence-corrected chi connectivity index (χ3v) is 5.79. The average Bonchev–Trinajstić information content (AvgIpc) is 3.20. The molecule has 1 saturated heterocycles. The van der Waals surface area contributed by atoms with Gasteiger partial charge in [0.1, 0.15) is 5.69 Å². The second-order valence-electron chi connectivity index (χ2n) is 7.63. The van der Waals surface area contributed by atoms with Gasteiger partial charge in [-0.25, -0.2) is 9.97 Å². The molecule has 2 N–H and O–H groups in total. The summed E-state index contributed by atoms with van der Waals surface area (Å²) < 4.78 is 5.11. The molecule has 8 heteroatoms. The molecule has 0 spiro atoms. The fourth-order valence-corrected chi connectivity index (χ4v) is 4.00. The normalized spacial score (nSPS) is 15.4. The van der Waals surface area contributed by atoms with E-state index in [4.69, 9.17) is 26.4 Å². The molecule has 3 heterocycles. The van der Waals surface area contributed by atoms with Gasteiger partial charge in [-0.3, -0.25) is 5.10 Å². The zero-order chi connectivity index (χ0) is 20.9. The van der Waals surface area contributed by atoms with E-state index in [-0.39, 0.29) is 0 Å². The molecule has 1 aliphatic heterocycles. The van der Waals surface area contributed by atoms with Crippen LogP contribution in [0.4, 0.5) is 5.95 Å². The number of anilines is 1. The highest BCUT2D eigenvalue weighted by Gasteiger charge is 2.27. The van der Waals surface area contributed by atoms with Crippen molar-refractivity contribution in [3.05, 3.63) is 47.2 Å². The van der Waals surface area contributed by atoms with Gasteiger partial charge in [0, 0.05) is 47.6 Å².